The van der Waals surface area contributed by atoms with Gasteiger partial charge in [0.05, 0.1) is 23.7 Å². The second-order valence-electron chi connectivity index (χ2n) is 4.71. The molecule has 21 heavy (non-hydrogen) atoms. The Morgan fingerprint density at radius 2 is 2.05 bits per heavy atom. The number of nitrogens with one attached hydrogen (secondary N) is 1. The van der Waals surface area contributed by atoms with Crippen LogP contribution in [0.3, 0.4) is 0 Å². The minimum Gasteiger partial charge on any atom is -0.497 e. The largest absolute Gasteiger partial charge is 0.497 e. The van der Waals surface area contributed by atoms with E-state index >= 15 is 0 Å². The smallest absolute Gasteiger partial charge is 0.253 e. The molecule has 1 unspecified atom stereocenters. The number of hydrogen-bond donors (Lipinski definition) is 2. The lowest BCUT2D eigenvalue weighted by Gasteiger charge is -2.16. The van der Waals surface area contributed by atoms with E-state index < -0.39 is 0 Å². The van der Waals surface area contributed by atoms with Crippen LogP contribution in [0.4, 0.5) is 5.69 Å². The van der Waals surface area contributed by atoms with Crippen LogP contribution in [-0.2, 0) is 0 Å². The van der Waals surface area contributed by atoms with Crippen molar-refractivity contribution in [3.05, 3.63) is 58.6 Å². The third kappa shape index (κ3) is 3.67. The first-order chi connectivity index (χ1) is 10.0. The van der Waals surface area contributed by atoms with Gasteiger partial charge < -0.3 is 15.8 Å². The fraction of sp³-hybridized carbons (Fsp3) is 0.188. The summed E-state index contributed by atoms with van der Waals surface area (Å²) in [5.41, 5.74) is 7.50. The first-order valence-corrected chi connectivity index (χ1v) is 6.89. The number of ether oxygens (including phenoxy) is 1. The molecule has 0 bridgehead atoms. The van der Waals surface area contributed by atoms with E-state index in [1.807, 2.05) is 31.2 Å². The maximum atomic E-state index is 12.3. The van der Waals surface area contributed by atoms with Crippen molar-refractivity contribution in [2.24, 2.45) is 0 Å². The van der Waals surface area contributed by atoms with Crippen molar-refractivity contribution in [1.82, 2.24) is 5.32 Å². The topological polar surface area (TPSA) is 64.3 Å². The molecule has 0 aliphatic heterocycles. The van der Waals surface area contributed by atoms with E-state index in [9.17, 15) is 4.79 Å². The summed E-state index contributed by atoms with van der Waals surface area (Å²) in [6.07, 6.45) is 0. The Labute approximate surface area is 128 Å². The SMILES string of the molecule is COc1cccc(C(C)NC(=O)c2cc(N)ccc2Cl)c1. The van der Waals surface area contributed by atoms with E-state index in [2.05, 4.69) is 5.32 Å². The zero-order chi connectivity index (χ0) is 15.4. The van der Waals surface area contributed by atoms with Crippen molar-refractivity contribution in [1.29, 1.82) is 0 Å². The van der Waals surface area contributed by atoms with Gasteiger partial charge in [-0.15, -0.1) is 0 Å². The lowest BCUT2D eigenvalue weighted by molar-refractivity contribution is 0.0940. The van der Waals surface area contributed by atoms with Crippen LogP contribution in [0.1, 0.15) is 28.9 Å². The average Bonchev–Trinajstić information content (AvgIpc) is 2.49. The number of nitrogen functional groups attached to an aromatic ring is 1. The summed E-state index contributed by atoms with van der Waals surface area (Å²) in [5.74, 6) is 0.484. The molecule has 5 heteroatoms. The first kappa shape index (κ1) is 15.2. The zero-order valence-electron chi connectivity index (χ0n) is 11.9. The van der Waals surface area contributed by atoms with E-state index in [0.717, 1.165) is 11.3 Å². The van der Waals surface area contributed by atoms with Crippen molar-refractivity contribution in [2.75, 3.05) is 12.8 Å². The number of anilines is 1. The van der Waals surface area contributed by atoms with Crippen molar-refractivity contribution in [3.63, 3.8) is 0 Å². The second-order valence-corrected chi connectivity index (χ2v) is 5.12. The van der Waals surface area contributed by atoms with Crippen molar-refractivity contribution in [3.8, 4) is 5.75 Å². The third-order valence-electron chi connectivity index (χ3n) is 3.18. The molecule has 0 saturated carbocycles. The minimum atomic E-state index is -0.261. The molecule has 0 aliphatic rings. The molecule has 0 spiro atoms. The summed E-state index contributed by atoms with van der Waals surface area (Å²) < 4.78 is 5.18. The molecular formula is C16H17ClN2O2. The number of halogens is 1. The highest BCUT2D eigenvalue weighted by Crippen LogP contribution is 2.22. The van der Waals surface area contributed by atoms with E-state index in [-0.39, 0.29) is 11.9 Å². The van der Waals surface area contributed by atoms with Crippen molar-refractivity contribution >= 4 is 23.2 Å². The zero-order valence-corrected chi connectivity index (χ0v) is 12.6. The fourth-order valence-corrected chi connectivity index (χ4v) is 2.19. The van der Waals surface area contributed by atoms with Gasteiger partial charge in [0.25, 0.3) is 5.91 Å². The quantitative estimate of drug-likeness (QED) is 0.851. The number of rotatable bonds is 4. The van der Waals surface area contributed by atoms with Crippen LogP contribution in [0.2, 0.25) is 5.02 Å². The number of carbonyl (C=O) groups excluding carboxylic acids is 1. The summed E-state index contributed by atoms with van der Waals surface area (Å²) in [7, 11) is 1.61. The molecule has 110 valence electrons. The van der Waals surface area contributed by atoms with E-state index in [1.165, 1.54) is 0 Å². The Morgan fingerprint density at radius 1 is 1.29 bits per heavy atom. The molecule has 0 radical (unpaired) electrons. The average molecular weight is 305 g/mol. The molecule has 4 nitrogen and oxygen atoms in total. The summed E-state index contributed by atoms with van der Waals surface area (Å²) in [5, 5.41) is 3.27. The number of nitrogens with two attached hydrogens (primary N) is 1. The Balaban J connectivity index is 2.16. The van der Waals surface area contributed by atoms with Gasteiger partial charge in [-0.2, -0.15) is 0 Å². The Bertz CT molecular complexity index is 658. The Kier molecular flexibility index (Phi) is 4.70. The van der Waals surface area contributed by atoms with Crippen LogP contribution in [-0.4, -0.2) is 13.0 Å². The highest BCUT2D eigenvalue weighted by atomic mass is 35.5. The Hall–Kier alpha value is -2.20. The molecular weight excluding hydrogens is 288 g/mol. The molecule has 1 atom stereocenters. The van der Waals surface area contributed by atoms with Gasteiger partial charge in [0.2, 0.25) is 0 Å². The van der Waals surface area contributed by atoms with Crippen LogP contribution < -0.4 is 15.8 Å². The van der Waals surface area contributed by atoms with Crippen LogP contribution in [0.15, 0.2) is 42.5 Å². The lowest BCUT2D eigenvalue weighted by Crippen LogP contribution is -2.27. The van der Waals surface area contributed by atoms with Gasteiger partial charge in [0, 0.05) is 5.69 Å². The van der Waals surface area contributed by atoms with E-state index in [0.29, 0.717) is 16.3 Å². The second kappa shape index (κ2) is 6.50. The Morgan fingerprint density at radius 3 is 2.76 bits per heavy atom. The molecule has 0 aromatic heterocycles. The molecule has 2 aromatic rings. The molecule has 2 rings (SSSR count). The molecule has 0 saturated heterocycles. The highest BCUT2D eigenvalue weighted by Gasteiger charge is 2.15. The third-order valence-corrected chi connectivity index (χ3v) is 3.51. The molecule has 1 amide bonds. The predicted molar refractivity (Wildman–Crippen MR) is 84.7 cm³/mol. The maximum absolute atomic E-state index is 12.3. The van der Waals surface area contributed by atoms with Crippen LogP contribution in [0.25, 0.3) is 0 Å². The molecule has 0 fully saturated rings. The molecule has 2 aromatic carbocycles. The number of methoxy groups -OCH3 is 1. The number of benzene rings is 2. The monoisotopic (exact) mass is 304 g/mol. The highest BCUT2D eigenvalue weighted by molar-refractivity contribution is 6.34. The predicted octanol–water partition coefficient (Wildman–Crippen LogP) is 3.42. The van der Waals surface area contributed by atoms with Gasteiger partial charge in [-0.05, 0) is 42.8 Å². The van der Waals surface area contributed by atoms with Gasteiger partial charge in [-0.25, -0.2) is 0 Å². The fourth-order valence-electron chi connectivity index (χ4n) is 1.99. The van der Waals surface area contributed by atoms with E-state index in [1.54, 1.807) is 25.3 Å². The summed E-state index contributed by atoms with van der Waals surface area (Å²) in [6, 6.07) is 12.2. The maximum Gasteiger partial charge on any atom is 0.253 e. The number of hydrogen-bond acceptors (Lipinski definition) is 3. The first-order valence-electron chi connectivity index (χ1n) is 6.51. The van der Waals surface area contributed by atoms with Crippen LogP contribution in [0.5, 0.6) is 5.75 Å². The molecule has 3 N–H and O–H groups in total. The molecule has 0 heterocycles. The van der Waals surface area contributed by atoms with Gasteiger partial charge in [-0.3, -0.25) is 4.79 Å². The molecule has 0 aliphatic carbocycles. The number of carbonyl (C=O) groups is 1. The number of amides is 1. The summed E-state index contributed by atoms with van der Waals surface area (Å²) in [4.78, 5) is 12.3. The van der Waals surface area contributed by atoms with Crippen molar-refractivity contribution in [2.45, 2.75) is 13.0 Å². The van der Waals surface area contributed by atoms with Crippen LogP contribution >= 0.6 is 11.6 Å². The van der Waals surface area contributed by atoms with Crippen molar-refractivity contribution < 1.29 is 9.53 Å². The van der Waals surface area contributed by atoms with Gasteiger partial charge in [0.15, 0.2) is 0 Å². The van der Waals surface area contributed by atoms with E-state index in [4.69, 9.17) is 22.1 Å². The summed E-state index contributed by atoms with van der Waals surface area (Å²) >= 11 is 6.03. The normalized spacial score (nSPS) is 11.8. The lowest BCUT2D eigenvalue weighted by atomic mass is 10.1. The van der Waals surface area contributed by atoms with Gasteiger partial charge in [-0.1, -0.05) is 23.7 Å². The summed E-state index contributed by atoms with van der Waals surface area (Å²) in [6.45, 7) is 1.90. The standard InChI is InChI=1S/C16H17ClN2O2/c1-10(11-4-3-5-13(8-11)21-2)19-16(20)14-9-12(18)6-7-15(14)17/h3-10H,18H2,1-2H3,(H,19,20). The van der Waals surface area contributed by atoms with Gasteiger partial charge >= 0.3 is 0 Å². The van der Waals surface area contributed by atoms with Crippen LogP contribution in [0, 0.1) is 0 Å². The minimum absolute atomic E-state index is 0.176. The van der Waals surface area contributed by atoms with Gasteiger partial charge in [0.1, 0.15) is 5.75 Å².